The predicted octanol–water partition coefficient (Wildman–Crippen LogP) is 7.34. The number of aromatic carboxylic acids is 1. The molecule has 0 fully saturated rings. The minimum Gasteiger partial charge on any atom is -0.478 e. The molecule has 0 atom stereocenters. The number of nitrogens with zero attached hydrogens (tertiary/aromatic N) is 3. The smallest absolute Gasteiger partial charge is 0.417 e. The summed E-state index contributed by atoms with van der Waals surface area (Å²) in [7, 11) is 0. The Hall–Kier alpha value is -4.73. The van der Waals surface area contributed by atoms with E-state index in [-0.39, 0.29) is 22.0 Å². The van der Waals surface area contributed by atoms with Crippen molar-refractivity contribution in [2.24, 2.45) is 0 Å². The minimum absolute atomic E-state index is 0.0678. The van der Waals surface area contributed by atoms with Crippen molar-refractivity contribution in [1.82, 2.24) is 9.97 Å². The highest BCUT2D eigenvalue weighted by molar-refractivity contribution is 8.00. The number of hydrogen-bond donors (Lipinski definition) is 2. The molecule has 3 heterocycles. The lowest BCUT2D eigenvalue weighted by atomic mass is 10.0. The molecule has 0 saturated heterocycles. The molecule has 3 aromatic heterocycles. The van der Waals surface area contributed by atoms with Crippen molar-refractivity contribution in [3.05, 3.63) is 94.9 Å². The van der Waals surface area contributed by atoms with Gasteiger partial charge >= 0.3 is 12.1 Å². The van der Waals surface area contributed by atoms with Gasteiger partial charge in [0.25, 0.3) is 0 Å². The molecule has 12 heteroatoms. The number of carboxylic acids is 1. The van der Waals surface area contributed by atoms with Gasteiger partial charge in [-0.1, -0.05) is 48.2 Å². The summed E-state index contributed by atoms with van der Waals surface area (Å²) >= 11 is 1.95. The molecule has 0 saturated carbocycles. The highest BCUT2D eigenvalue weighted by Crippen LogP contribution is 2.38. The molecule has 41 heavy (non-hydrogen) atoms. The van der Waals surface area contributed by atoms with Crippen molar-refractivity contribution in [2.45, 2.75) is 11.2 Å². The molecule has 0 spiro atoms. The lowest BCUT2D eigenvalue weighted by Crippen LogP contribution is -2.15. The fraction of sp³-hybridized carbons (Fsp3) is 0.0690. The van der Waals surface area contributed by atoms with Gasteiger partial charge in [-0.25, -0.2) is 14.8 Å². The maximum absolute atomic E-state index is 13.7. The first-order valence-corrected chi connectivity index (χ1v) is 13.7. The van der Waals surface area contributed by atoms with Crippen molar-refractivity contribution >= 4 is 51.6 Å². The zero-order valence-electron chi connectivity index (χ0n) is 20.8. The maximum Gasteiger partial charge on any atom is 0.417 e. The van der Waals surface area contributed by atoms with Crippen LogP contribution in [-0.2, 0) is 11.0 Å². The van der Waals surface area contributed by atoms with E-state index in [0.717, 1.165) is 17.8 Å². The highest BCUT2D eigenvalue weighted by atomic mass is 32.2. The lowest BCUT2D eigenvalue weighted by molar-refractivity contribution is -0.138. The number of pyridine rings is 2. The monoisotopic (exact) mass is 590 g/mol. The maximum atomic E-state index is 13.7. The number of carbonyl (C=O) groups excluding carboxylic acids is 1. The SMILES string of the molecule is N#Cc1c(C(F)(F)F)cc(-c2cccs2)nc1SCC(=O)Nc1ccc(-c2cc(C(=O)O)c3ccccc3n2)cc1. The number of amides is 1. The topological polar surface area (TPSA) is 116 Å². The summed E-state index contributed by atoms with van der Waals surface area (Å²) in [5, 5.41) is 23.8. The third kappa shape index (κ3) is 6.06. The van der Waals surface area contributed by atoms with Gasteiger partial charge in [0.1, 0.15) is 11.1 Å². The van der Waals surface area contributed by atoms with E-state index < -0.39 is 29.2 Å². The van der Waals surface area contributed by atoms with Gasteiger partial charge in [0.15, 0.2) is 0 Å². The van der Waals surface area contributed by atoms with Crippen molar-refractivity contribution < 1.29 is 27.9 Å². The highest BCUT2D eigenvalue weighted by Gasteiger charge is 2.36. The van der Waals surface area contributed by atoms with Gasteiger partial charge in [-0.2, -0.15) is 18.4 Å². The number of anilines is 1. The van der Waals surface area contributed by atoms with Crippen LogP contribution in [0, 0.1) is 11.3 Å². The first kappa shape index (κ1) is 27.8. The van der Waals surface area contributed by atoms with Crippen LogP contribution >= 0.6 is 23.1 Å². The number of alkyl halides is 3. The molecular weight excluding hydrogens is 573 g/mol. The average molecular weight is 591 g/mol. The molecule has 0 radical (unpaired) electrons. The Kier molecular flexibility index (Phi) is 7.74. The summed E-state index contributed by atoms with van der Waals surface area (Å²) in [6.07, 6.45) is -4.77. The van der Waals surface area contributed by atoms with Gasteiger partial charge in [-0.3, -0.25) is 4.79 Å². The summed E-state index contributed by atoms with van der Waals surface area (Å²) in [6, 6.07) is 20.7. The molecule has 0 unspecified atom stereocenters. The second-order valence-corrected chi connectivity index (χ2v) is 10.5. The Balaban J connectivity index is 1.33. The van der Waals surface area contributed by atoms with Crippen molar-refractivity contribution in [3.8, 4) is 27.9 Å². The number of nitrogens with one attached hydrogen (secondary N) is 1. The van der Waals surface area contributed by atoms with Gasteiger partial charge < -0.3 is 10.4 Å². The van der Waals surface area contributed by atoms with Crippen LogP contribution in [-0.4, -0.2) is 32.7 Å². The summed E-state index contributed by atoms with van der Waals surface area (Å²) in [4.78, 5) is 33.7. The molecular formula is C29H17F3N4O3S2. The van der Waals surface area contributed by atoms with Gasteiger partial charge in [0.05, 0.1) is 44.2 Å². The van der Waals surface area contributed by atoms with Gasteiger partial charge in [0.2, 0.25) is 5.91 Å². The van der Waals surface area contributed by atoms with Crippen molar-refractivity contribution in [1.29, 1.82) is 5.26 Å². The number of rotatable bonds is 7. The third-order valence-corrected chi connectivity index (χ3v) is 7.80. The van der Waals surface area contributed by atoms with Gasteiger partial charge in [0, 0.05) is 16.6 Å². The average Bonchev–Trinajstić information content (AvgIpc) is 3.50. The van der Waals surface area contributed by atoms with Crippen LogP contribution in [0.4, 0.5) is 18.9 Å². The summed E-state index contributed by atoms with van der Waals surface area (Å²) in [5.41, 5.74) is 0.442. The second kappa shape index (κ2) is 11.4. The number of carbonyl (C=O) groups is 2. The van der Waals surface area contributed by atoms with Crippen LogP contribution in [0.25, 0.3) is 32.7 Å². The van der Waals surface area contributed by atoms with Gasteiger partial charge in [-0.05, 0) is 41.8 Å². The van der Waals surface area contributed by atoms with E-state index in [9.17, 15) is 33.1 Å². The number of carboxylic acid groups (broad SMARTS) is 1. The van der Waals surface area contributed by atoms with Crippen LogP contribution in [0.3, 0.4) is 0 Å². The first-order chi connectivity index (χ1) is 19.6. The molecule has 2 aromatic carbocycles. The number of halogens is 3. The molecule has 0 aliphatic heterocycles. The number of nitriles is 1. The second-order valence-electron chi connectivity index (χ2n) is 8.61. The van der Waals surface area contributed by atoms with Crippen LogP contribution in [0.15, 0.2) is 83.2 Å². The van der Waals surface area contributed by atoms with Crippen LogP contribution in [0.1, 0.15) is 21.5 Å². The number of thiophene rings is 1. The zero-order chi connectivity index (χ0) is 29.1. The Morgan fingerprint density at radius 3 is 2.41 bits per heavy atom. The number of thioether (sulfide) groups is 1. The number of benzene rings is 2. The van der Waals surface area contributed by atoms with Crippen molar-refractivity contribution in [2.75, 3.05) is 11.1 Å². The fourth-order valence-corrected chi connectivity index (χ4v) is 5.55. The van der Waals surface area contributed by atoms with Crippen molar-refractivity contribution in [3.63, 3.8) is 0 Å². The Morgan fingerprint density at radius 2 is 1.76 bits per heavy atom. The molecule has 0 aliphatic carbocycles. The van der Waals surface area contributed by atoms with Crippen LogP contribution in [0.5, 0.6) is 0 Å². The number of fused-ring (bicyclic) bond motifs is 1. The number of hydrogen-bond acceptors (Lipinski definition) is 7. The van der Waals surface area contributed by atoms with E-state index in [1.54, 1.807) is 72.1 Å². The molecule has 1 amide bonds. The van der Waals surface area contributed by atoms with Crippen LogP contribution < -0.4 is 5.32 Å². The van der Waals surface area contributed by atoms with E-state index in [1.807, 2.05) is 0 Å². The largest absolute Gasteiger partial charge is 0.478 e. The first-order valence-electron chi connectivity index (χ1n) is 11.9. The molecule has 0 bridgehead atoms. The lowest BCUT2D eigenvalue weighted by Gasteiger charge is -2.13. The van der Waals surface area contributed by atoms with Gasteiger partial charge in [-0.15, -0.1) is 11.3 Å². The summed E-state index contributed by atoms with van der Waals surface area (Å²) < 4.78 is 41.2. The van der Waals surface area contributed by atoms with E-state index >= 15 is 0 Å². The Labute approximate surface area is 239 Å². The molecule has 5 rings (SSSR count). The normalized spacial score (nSPS) is 11.3. The number of para-hydroxylation sites is 1. The zero-order valence-corrected chi connectivity index (χ0v) is 22.4. The molecule has 7 nitrogen and oxygen atoms in total. The van der Waals surface area contributed by atoms with E-state index in [2.05, 4.69) is 15.3 Å². The van der Waals surface area contributed by atoms with E-state index in [1.165, 1.54) is 17.4 Å². The van der Waals surface area contributed by atoms with Crippen LogP contribution in [0.2, 0.25) is 0 Å². The molecule has 204 valence electrons. The third-order valence-electron chi connectivity index (χ3n) is 5.93. The van der Waals surface area contributed by atoms with E-state index in [4.69, 9.17) is 0 Å². The fourth-order valence-electron chi connectivity index (χ4n) is 4.06. The standard InChI is InChI=1S/C29H17F3N4O3S2/c30-29(31,32)21-13-24(25-6-3-11-40-25)36-27(20(21)14-33)41-15-26(37)34-17-9-7-16(8-10-17)23-12-19(28(38)39)18-4-1-2-5-22(18)35-23/h1-13H,15H2,(H,34,37)(H,38,39). The Morgan fingerprint density at radius 1 is 1.00 bits per heavy atom. The molecule has 0 aliphatic rings. The summed E-state index contributed by atoms with van der Waals surface area (Å²) in [5.74, 6) is -1.88. The Bertz CT molecular complexity index is 1820. The van der Waals surface area contributed by atoms with E-state index in [0.29, 0.717) is 32.7 Å². The summed E-state index contributed by atoms with van der Waals surface area (Å²) in [6.45, 7) is 0. The minimum atomic E-state index is -4.77. The molecule has 5 aromatic rings. The molecule has 2 N–H and O–H groups in total. The quantitative estimate of drug-likeness (QED) is 0.191. The predicted molar refractivity (Wildman–Crippen MR) is 151 cm³/mol. The number of aromatic nitrogens is 2.